The van der Waals surface area contributed by atoms with Crippen LogP contribution in [-0.2, 0) is 9.16 Å². The quantitative estimate of drug-likeness (QED) is 0.304. The molecule has 0 radical (unpaired) electrons. The lowest BCUT2D eigenvalue weighted by Gasteiger charge is -2.36. The van der Waals surface area contributed by atoms with E-state index in [9.17, 15) is 0 Å². The molecule has 1 rings (SSSR count). The predicted molar refractivity (Wildman–Crippen MR) is 103 cm³/mol. The number of halogens is 1. The van der Waals surface area contributed by atoms with Crippen LogP contribution < -0.4 is 0 Å². The average molecular weight is 422 g/mol. The van der Waals surface area contributed by atoms with Crippen LogP contribution in [-0.4, -0.2) is 27.6 Å². The lowest BCUT2D eigenvalue weighted by Crippen LogP contribution is -2.41. The molecule has 0 aliphatic carbocycles. The molecule has 4 heteroatoms. The van der Waals surface area contributed by atoms with E-state index >= 15 is 0 Å². The van der Waals surface area contributed by atoms with Crippen molar-refractivity contribution in [2.75, 3.05) is 13.2 Å². The second kappa shape index (κ2) is 7.75. The van der Waals surface area contributed by atoms with E-state index < -0.39 is 8.32 Å². The highest BCUT2D eigenvalue weighted by molar-refractivity contribution is 14.1. The van der Waals surface area contributed by atoms with Gasteiger partial charge in [0.15, 0.2) is 8.32 Å². The summed E-state index contributed by atoms with van der Waals surface area (Å²) in [4.78, 5) is 0. The van der Waals surface area contributed by atoms with E-state index in [-0.39, 0.29) is 5.04 Å². The zero-order valence-corrected chi connectivity index (χ0v) is 17.8. The standard InChI is InChI=1S/C17H31IO2Si/c1-13(8-9-16-14(2)10-11-19-16)15(18)12-20-21(6,7)17(3,4)5/h10,16H,8-9,11-12H2,1-7H3/b15-13-. The van der Waals surface area contributed by atoms with Gasteiger partial charge in [-0.1, -0.05) is 32.4 Å². The molecule has 2 nitrogen and oxygen atoms in total. The van der Waals surface area contributed by atoms with Crippen molar-refractivity contribution in [2.45, 2.75) is 71.7 Å². The third-order valence-electron chi connectivity index (χ3n) is 4.82. The van der Waals surface area contributed by atoms with E-state index in [2.05, 4.69) is 76.4 Å². The number of hydrogen-bond donors (Lipinski definition) is 0. The molecule has 0 saturated carbocycles. The summed E-state index contributed by atoms with van der Waals surface area (Å²) in [7, 11) is -1.65. The molecule has 0 N–H and O–H groups in total. The summed E-state index contributed by atoms with van der Waals surface area (Å²) >= 11 is 2.45. The average Bonchev–Trinajstić information content (AvgIpc) is 2.77. The Morgan fingerprint density at radius 1 is 1.43 bits per heavy atom. The Balaban J connectivity index is 2.48. The van der Waals surface area contributed by atoms with Crippen molar-refractivity contribution in [1.29, 1.82) is 0 Å². The van der Waals surface area contributed by atoms with Crippen molar-refractivity contribution in [3.8, 4) is 0 Å². The largest absolute Gasteiger partial charge is 0.412 e. The minimum atomic E-state index is -1.65. The lowest BCUT2D eigenvalue weighted by molar-refractivity contribution is 0.115. The Hall–Kier alpha value is 0.347. The lowest BCUT2D eigenvalue weighted by atomic mass is 10.0. The molecule has 1 aliphatic heterocycles. The molecular weight excluding hydrogens is 391 g/mol. The summed E-state index contributed by atoms with van der Waals surface area (Å²) in [6.45, 7) is 17.4. The van der Waals surface area contributed by atoms with Crippen molar-refractivity contribution in [3.63, 3.8) is 0 Å². The van der Waals surface area contributed by atoms with Crippen LogP contribution in [0.15, 0.2) is 20.8 Å². The molecule has 0 aromatic rings. The summed E-state index contributed by atoms with van der Waals surface area (Å²) in [5.41, 5.74) is 2.83. The fourth-order valence-corrected chi connectivity index (χ4v) is 3.59. The molecule has 122 valence electrons. The molecule has 0 aromatic carbocycles. The Labute approximate surface area is 145 Å². The maximum absolute atomic E-state index is 6.30. The van der Waals surface area contributed by atoms with E-state index in [0.717, 1.165) is 26.1 Å². The van der Waals surface area contributed by atoms with Gasteiger partial charge in [0, 0.05) is 3.58 Å². The van der Waals surface area contributed by atoms with E-state index in [1.54, 1.807) is 0 Å². The van der Waals surface area contributed by atoms with Gasteiger partial charge in [0.1, 0.15) is 0 Å². The van der Waals surface area contributed by atoms with Gasteiger partial charge in [0.2, 0.25) is 0 Å². The highest BCUT2D eigenvalue weighted by Crippen LogP contribution is 2.37. The topological polar surface area (TPSA) is 18.5 Å². The fraction of sp³-hybridized carbons (Fsp3) is 0.765. The van der Waals surface area contributed by atoms with Gasteiger partial charge in [-0.05, 0) is 73.0 Å². The second-order valence-corrected chi connectivity index (χ2v) is 13.7. The van der Waals surface area contributed by atoms with Crippen molar-refractivity contribution < 1.29 is 9.16 Å². The molecular formula is C17H31IO2Si. The molecule has 1 heterocycles. The third kappa shape index (κ3) is 5.81. The predicted octanol–water partition coefficient (Wildman–Crippen LogP) is 5.84. The maximum atomic E-state index is 6.30. The van der Waals surface area contributed by atoms with Crippen LogP contribution in [0.2, 0.25) is 18.1 Å². The van der Waals surface area contributed by atoms with Crippen LogP contribution in [0, 0.1) is 0 Å². The minimum absolute atomic E-state index is 0.275. The highest BCUT2D eigenvalue weighted by Gasteiger charge is 2.37. The Morgan fingerprint density at radius 2 is 2.05 bits per heavy atom. The first kappa shape index (κ1) is 19.4. The van der Waals surface area contributed by atoms with Gasteiger partial charge in [0.05, 0.1) is 19.3 Å². The SMILES string of the molecule is CC1=CCOC1CC/C(C)=C(\I)CO[Si](C)(C)C(C)(C)C. The molecule has 1 aliphatic rings. The van der Waals surface area contributed by atoms with Crippen molar-refractivity contribution in [2.24, 2.45) is 0 Å². The molecule has 21 heavy (non-hydrogen) atoms. The number of ether oxygens (including phenoxy) is 1. The van der Waals surface area contributed by atoms with E-state index in [1.807, 2.05) is 0 Å². The zero-order chi connectivity index (χ0) is 16.3. The molecule has 0 spiro atoms. The summed E-state index contributed by atoms with van der Waals surface area (Å²) < 4.78 is 13.4. The first-order valence-electron chi connectivity index (χ1n) is 7.81. The van der Waals surface area contributed by atoms with Crippen molar-refractivity contribution >= 4 is 30.9 Å². The van der Waals surface area contributed by atoms with E-state index in [0.29, 0.717) is 6.10 Å². The van der Waals surface area contributed by atoms with Crippen LogP contribution in [0.3, 0.4) is 0 Å². The Kier molecular flexibility index (Phi) is 7.16. The molecule has 0 fully saturated rings. The summed E-state index contributed by atoms with van der Waals surface area (Å²) in [5.74, 6) is 0. The highest BCUT2D eigenvalue weighted by atomic mass is 127. The Morgan fingerprint density at radius 3 is 2.52 bits per heavy atom. The second-order valence-electron chi connectivity index (χ2n) is 7.54. The minimum Gasteiger partial charge on any atom is -0.412 e. The summed E-state index contributed by atoms with van der Waals surface area (Å²) in [5, 5.41) is 0.275. The first-order valence-corrected chi connectivity index (χ1v) is 11.8. The summed E-state index contributed by atoms with van der Waals surface area (Å²) in [6, 6.07) is 0. The van der Waals surface area contributed by atoms with Gasteiger partial charge < -0.3 is 9.16 Å². The molecule has 1 unspecified atom stereocenters. The van der Waals surface area contributed by atoms with Crippen molar-refractivity contribution in [3.05, 3.63) is 20.8 Å². The van der Waals surface area contributed by atoms with Gasteiger partial charge in [-0.25, -0.2) is 0 Å². The van der Waals surface area contributed by atoms with Gasteiger partial charge >= 0.3 is 0 Å². The number of hydrogen-bond acceptors (Lipinski definition) is 2. The first-order chi connectivity index (χ1) is 9.54. The summed E-state index contributed by atoms with van der Waals surface area (Å²) in [6.07, 6.45) is 4.69. The van der Waals surface area contributed by atoms with Gasteiger partial charge in [0.25, 0.3) is 0 Å². The molecule has 0 bridgehead atoms. The molecule has 0 amide bonds. The monoisotopic (exact) mass is 422 g/mol. The maximum Gasteiger partial charge on any atom is 0.192 e. The van der Waals surface area contributed by atoms with E-state index in [1.165, 1.54) is 14.7 Å². The van der Waals surface area contributed by atoms with Crippen LogP contribution in [0.1, 0.15) is 47.5 Å². The molecule has 0 saturated heterocycles. The molecule has 1 atom stereocenters. The Bertz CT molecular complexity index is 419. The van der Waals surface area contributed by atoms with Crippen LogP contribution in [0.5, 0.6) is 0 Å². The fourth-order valence-electron chi connectivity index (χ4n) is 1.94. The molecule has 0 aromatic heterocycles. The van der Waals surface area contributed by atoms with Gasteiger partial charge in [-0.3, -0.25) is 0 Å². The van der Waals surface area contributed by atoms with Gasteiger partial charge in [-0.15, -0.1) is 0 Å². The van der Waals surface area contributed by atoms with Crippen molar-refractivity contribution in [1.82, 2.24) is 0 Å². The van der Waals surface area contributed by atoms with Gasteiger partial charge in [-0.2, -0.15) is 0 Å². The van der Waals surface area contributed by atoms with E-state index in [4.69, 9.17) is 9.16 Å². The zero-order valence-electron chi connectivity index (χ0n) is 14.7. The van der Waals surface area contributed by atoms with Crippen LogP contribution in [0.25, 0.3) is 0 Å². The number of rotatable bonds is 6. The van der Waals surface area contributed by atoms with Crippen LogP contribution >= 0.6 is 22.6 Å². The smallest absolute Gasteiger partial charge is 0.192 e. The van der Waals surface area contributed by atoms with Crippen LogP contribution in [0.4, 0.5) is 0 Å². The third-order valence-corrected chi connectivity index (χ3v) is 10.5. The normalized spacial score (nSPS) is 21.3. The number of allylic oxidation sites excluding steroid dienone is 1.